The number of nitrogens with zero attached hydrogens (tertiary/aromatic N) is 2. The van der Waals surface area contributed by atoms with Gasteiger partial charge in [0.1, 0.15) is 5.92 Å². The van der Waals surface area contributed by atoms with Gasteiger partial charge in [0.15, 0.2) is 5.84 Å². The van der Waals surface area contributed by atoms with E-state index in [4.69, 9.17) is 10.9 Å². The van der Waals surface area contributed by atoms with Crippen molar-refractivity contribution in [2.24, 2.45) is 16.8 Å². The molecule has 5 nitrogen and oxygen atoms in total. The molecule has 1 saturated carbocycles. The summed E-state index contributed by atoms with van der Waals surface area (Å²) in [6.07, 6.45) is 2.08. The molecule has 0 radical (unpaired) electrons. The highest BCUT2D eigenvalue weighted by atomic mass is 16.4. The van der Waals surface area contributed by atoms with Gasteiger partial charge in [0.05, 0.1) is 0 Å². The van der Waals surface area contributed by atoms with Crippen LogP contribution in [-0.2, 0) is 4.79 Å². The molecule has 21 heavy (non-hydrogen) atoms. The lowest BCUT2D eigenvalue weighted by molar-refractivity contribution is -0.132. The van der Waals surface area contributed by atoms with Gasteiger partial charge in [-0.2, -0.15) is 0 Å². The lowest BCUT2D eigenvalue weighted by Crippen LogP contribution is -2.43. The highest BCUT2D eigenvalue weighted by Crippen LogP contribution is 2.31. The smallest absolute Gasteiger partial charge is 0.238 e. The normalized spacial score (nSPS) is 16.8. The van der Waals surface area contributed by atoms with Crippen LogP contribution in [0, 0.1) is 5.92 Å². The molecule has 1 aliphatic rings. The molecule has 3 N–H and O–H groups in total. The molecule has 1 atom stereocenters. The summed E-state index contributed by atoms with van der Waals surface area (Å²) in [5.41, 5.74) is 6.55. The third-order valence-corrected chi connectivity index (χ3v) is 3.62. The summed E-state index contributed by atoms with van der Waals surface area (Å²) in [7, 11) is 0. The quantitative estimate of drug-likeness (QED) is 0.364. The van der Waals surface area contributed by atoms with Crippen LogP contribution < -0.4 is 5.73 Å². The number of hydrogen-bond acceptors (Lipinski definition) is 3. The van der Waals surface area contributed by atoms with Crippen molar-refractivity contribution in [3.63, 3.8) is 0 Å². The van der Waals surface area contributed by atoms with Crippen LogP contribution in [0.25, 0.3) is 0 Å². The molecule has 2 rings (SSSR count). The third kappa shape index (κ3) is 3.74. The molecular weight excluding hydrogens is 266 g/mol. The van der Waals surface area contributed by atoms with E-state index in [-0.39, 0.29) is 11.7 Å². The van der Waals surface area contributed by atoms with E-state index in [0.29, 0.717) is 18.5 Å². The molecule has 1 amide bonds. The first-order valence-corrected chi connectivity index (χ1v) is 7.37. The van der Waals surface area contributed by atoms with Crippen molar-refractivity contribution in [1.29, 1.82) is 0 Å². The molecule has 0 aromatic heterocycles. The highest BCUT2D eigenvalue weighted by molar-refractivity contribution is 6.07. The van der Waals surface area contributed by atoms with Crippen LogP contribution in [0.2, 0.25) is 0 Å². The predicted octanol–water partition coefficient (Wildman–Crippen LogP) is 2.16. The van der Waals surface area contributed by atoms with Crippen LogP contribution >= 0.6 is 0 Å². The van der Waals surface area contributed by atoms with Crippen LogP contribution in [0.5, 0.6) is 0 Å². The topological polar surface area (TPSA) is 78.9 Å². The average molecular weight is 289 g/mol. The van der Waals surface area contributed by atoms with Gasteiger partial charge in [0, 0.05) is 12.6 Å². The van der Waals surface area contributed by atoms with Gasteiger partial charge < -0.3 is 15.8 Å². The second-order valence-corrected chi connectivity index (χ2v) is 5.98. The second kappa shape index (κ2) is 6.61. The molecule has 0 saturated heterocycles. The Balaban J connectivity index is 2.29. The SMILES string of the molecule is CC(C)CN(C(=O)C(C(N)=NO)c1ccccc1)C1CC1. The Bertz CT molecular complexity index is 510. The van der Waals surface area contributed by atoms with Gasteiger partial charge in [-0.15, -0.1) is 0 Å². The predicted molar refractivity (Wildman–Crippen MR) is 82.2 cm³/mol. The number of amidine groups is 1. The Kier molecular flexibility index (Phi) is 4.83. The van der Waals surface area contributed by atoms with Crippen molar-refractivity contribution < 1.29 is 10.0 Å². The van der Waals surface area contributed by atoms with E-state index in [1.54, 1.807) is 0 Å². The number of nitrogens with two attached hydrogens (primary N) is 1. The molecule has 0 bridgehead atoms. The van der Waals surface area contributed by atoms with E-state index in [2.05, 4.69) is 19.0 Å². The van der Waals surface area contributed by atoms with Crippen molar-refractivity contribution in [2.45, 2.75) is 38.6 Å². The minimum atomic E-state index is -0.712. The minimum Gasteiger partial charge on any atom is -0.409 e. The van der Waals surface area contributed by atoms with Gasteiger partial charge in [-0.05, 0) is 24.3 Å². The second-order valence-electron chi connectivity index (χ2n) is 5.98. The van der Waals surface area contributed by atoms with Crippen molar-refractivity contribution in [3.8, 4) is 0 Å². The van der Waals surface area contributed by atoms with Crippen molar-refractivity contribution in [1.82, 2.24) is 4.90 Å². The number of amides is 1. The van der Waals surface area contributed by atoms with E-state index < -0.39 is 5.92 Å². The van der Waals surface area contributed by atoms with Crippen LogP contribution in [0.1, 0.15) is 38.2 Å². The first-order valence-electron chi connectivity index (χ1n) is 7.37. The monoisotopic (exact) mass is 289 g/mol. The van der Waals surface area contributed by atoms with E-state index in [1.165, 1.54) is 0 Å². The largest absolute Gasteiger partial charge is 0.409 e. The van der Waals surface area contributed by atoms with Gasteiger partial charge >= 0.3 is 0 Å². The van der Waals surface area contributed by atoms with Gasteiger partial charge in [-0.1, -0.05) is 49.3 Å². The number of oxime groups is 1. The molecule has 5 heteroatoms. The van der Waals surface area contributed by atoms with Crippen LogP contribution in [0.4, 0.5) is 0 Å². The van der Waals surface area contributed by atoms with Gasteiger partial charge in [0.25, 0.3) is 0 Å². The standard InChI is InChI=1S/C16H23N3O2/c1-11(2)10-19(13-8-9-13)16(20)14(15(17)18-21)12-6-4-3-5-7-12/h3-7,11,13-14,21H,8-10H2,1-2H3,(H2,17,18). The zero-order valence-corrected chi connectivity index (χ0v) is 12.6. The molecule has 1 unspecified atom stereocenters. The van der Waals surface area contributed by atoms with Gasteiger partial charge in [-0.3, -0.25) is 4.79 Å². The Hall–Kier alpha value is -2.04. The molecular formula is C16H23N3O2. The van der Waals surface area contributed by atoms with Gasteiger partial charge in [0.2, 0.25) is 5.91 Å². The summed E-state index contributed by atoms with van der Waals surface area (Å²) in [5.74, 6) is -0.456. The Labute approximate surface area is 125 Å². The summed E-state index contributed by atoms with van der Waals surface area (Å²) in [6.45, 7) is 4.87. The Morgan fingerprint density at radius 3 is 2.48 bits per heavy atom. The molecule has 0 spiro atoms. The van der Waals surface area contributed by atoms with E-state index >= 15 is 0 Å². The van der Waals surface area contributed by atoms with Crippen LogP contribution in [0.3, 0.4) is 0 Å². The van der Waals surface area contributed by atoms with Gasteiger partial charge in [-0.25, -0.2) is 0 Å². The summed E-state index contributed by atoms with van der Waals surface area (Å²) < 4.78 is 0. The van der Waals surface area contributed by atoms with E-state index in [0.717, 1.165) is 18.4 Å². The molecule has 114 valence electrons. The molecule has 1 fully saturated rings. The zero-order chi connectivity index (χ0) is 15.4. The number of hydrogen-bond donors (Lipinski definition) is 2. The maximum atomic E-state index is 12.9. The number of carbonyl (C=O) groups is 1. The Morgan fingerprint density at radius 2 is 2.00 bits per heavy atom. The fraction of sp³-hybridized carbons (Fsp3) is 0.500. The highest BCUT2D eigenvalue weighted by Gasteiger charge is 2.38. The van der Waals surface area contributed by atoms with Crippen molar-refractivity contribution >= 4 is 11.7 Å². The lowest BCUT2D eigenvalue weighted by atomic mass is 9.96. The Morgan fingerprint density at radius 1 is 1.38 bits per heavy atom. The summed E-state index contributed by atoms with van der Waals surface area (Å²) in [5, 5.41) is 12.1. The first kappa shape index (κ1) is 15.4. The van der Waals surface area contributed by atoms with Crippen molar-refractivity contribution in [2.75, 3.05) is 6.54 Å². The third-order valence-electron chi connectivity index (χ3n) is 3.62. The number of carbonyl (C=O) groups excluding carboxylic acids is 1. The summed E-state index contributed by atoms with van der Waals surface area (Å²) in [4.78, 5) is 14.8. The molecule has 1 aromatic rings. The maximum absolute atomic E-state index is 12.9. The zero-order valence-electron chi connectivity index (χ0n) is 12.6. The average Bonchev–Trinajstić information content (AvgIpc) is 3.30. The van der Waals surface area contributed by atoms with Crippen molar-refractivity contribution in [3.05, 3.63) is 35.9 Å². The fourth-order valence-corrected chi connectivity index (χ4v) is 2.51. The number of benzene rings is 1. The molecule has 1 aromatic carbocycles. The summed E-state index contributed by atoms with van der Waals surface area (Å²) in [6, 6.07) is 9.55. The maximum Gasteiger partial charge on any atom is 0.238 e. The number of rotatable bonds is 6. The fourth-order valence-electron chi connectivity index (χ4n) is 2.51. The van der Waals surface area contributed by atoms with E-state index in [1.807, 2.05) is 35.2 Å². The summed E-state index contributed by atoms with van der Waals surface area (Å²) >= 11 is 0. The molecule has 0 aliphatic heterocycles. The minimum absolute atomic E-state index is 0.0550. The molecule has 1 aliphatic carbocycles. The molecule has 0 heterocycles. The van der Waals surface area contributed by atoms with Crippen LogP contribution in [0.15, 0.2) is 35.5 Å². The first-order chi connectivity index (χ1) is 10.0. The lowest BCUT2D eigenvalue weighted by Gasteiger charge is -2.28. The van der Waals surface area contributed by atoms with Crippen LogP contribution in [-0.4, -0.2) is 34.4 Å². The van der Waals surface area contributed by atoms with E-state index in [9.17, 15) is 4.79 Å².